The number of para-hydroxylation sites is 1. The molecule has 0 amide bonds. The first kappa shape index (κ1) is 15.5. The lowest BCUT2D eigenvalue weighted by Crippen LogP contribution is -2.24. The molecule has 0 saturated heterocycles. The Morgan fingerprint density at radius 2 is 2.00 bits per heavy atom. The fraction of sp³-hybridized carbons (Fsp3) is 0.471. The minimum Gasteiger partial charge on any atom is -0.370 e. The van der Waals surface area contributed by atoms with Crippen LogP contribution < -0.4 is 11.1 Å². The van der Waals surface area contributed by atoms with Gasteiger partial charge >= 0.3 is 0 Å². The van der Waals surface area contributed by atoms with Gasteiger partial charge in [-0.15, -0.1) is 10.2 Å². The van der Waals surface area contributed by atoms with Crippen LogP contribution in [0.15, 0.2) is 23.2 Å². The van der Waals surface area contributed by atoms with Crippen LogP contribution in [0.2, 0.25) is 0 Å². The van der Waals surface area contributed by atoms with Crippen LogP contribution in [0.4, 0.5) is 5.69 Å². The second-order valence-electron chi connectivity index (χ2n) is 5.77. The first-order chi connectivity index (χ1) is 11.2. The van der Waals surface area contributed by atoms with Crippen molar-refractivity contribution in [1.82, 2.24) is 14.8 Å². The SMILES string of the molecule is CCc1cccc(CC)c1NC(N)=NCc1nnc2n1CCC2. The summed E-state index contributed by atoms with van der Waals surface area (Å²) >= 11 is 0. The van der Waals surface area contributed by atoms with Gasteiger partial charge in [-0.2, -0.15) is 0 Å². The lowest BCUT2D eigenvalue weighted by atomic mass is 10.0. The van der Waals surface area contributed by atoms with E-state index in [4.69, 9.17) is 5.73 Å². The number of fused-ring (bicyclic) bond motifs is 1. The fourth-order valence-corrected chi connectivity index (χ4v) is 3.05. The van der Waals surface area contributed by atoms with Gasteiger partial charge in [0.15, 0.2) is 11.8 Å². The smallest absolute Gasteiger partial charge is 0.193 e. The number of benzene rings is 1. The minimum absolute atomic E-state index is 0.427. The van der Waals surface area contributed by atoms with E-state index in [1.54, 1.807) is 0 Å². The maximum Gasteiger partial charge on any atom is 0.193 e. The highest BCUT2D eigenvalue weighted by atomic mass is 15.3. The fourth-order valence-electron chi connectivity index (χ4n) is 3.05. The van der Waals surface area contributed by atoms with Crippen LogP contribution in [0, 0.1) is 0 Å². The van der Waals surface area contributed by atoms with E-state index in [9.17, 15) is 0 Å². The molecule has 0 radical (unpaired) electrons. The molecule has 0 fully saturated rings. The zero-order valence-electron chi connectivity index (χ0n) is 13.8. The summed E-state index contributed by atoms with van der Waals surface area (Å²) < 4.78 is 2.15. The van der Waals surface area contributed by atoms with Gasteiger partial charge in [0.05, 0.1) is 0 Å². The second kappa shape index (κ2) is 6.81. The van der Waals surface area contributed by atoms with Crippen molar-refractivity contribution in [3.05, 3.63) is 41.0 Å². The molecule has 3 N–H and O–H groups in total. The summed E-state index contributed by atoms with van der Waals surface area (Å²) in [7, 11) is 0. The summed E-state index contributed by atoms with van der Waals surface area (Å²) in [6.07, 6.45) is 4.06. The zero-order chi connectivity index (χ0) is 16.2. The molecule has 1 aromatic heterocycles. The molecule has 1 aliphatic rings. The maximum atomic E-state index is 6.10. The number of aromatic nitrogens is 3. The van der Waals surface area contributed by atoms with E-state index >= 15 is 0 Å². The van der Waals surface area contributed by atoms with Gasteiger partial charge in [0.1, 0.15) is 12.4 Å². The molecule has 6 nitrogen and oxygen atoms in total. The molecule has 0 unspecified atom stereocenters. The molecule has 122 valence electrons. The topological polar surface area (TPSA) is 81.1 Å². The third-order valence-corrected chi connectivity index (χ3v) is 4.33. The largest absolute Gasteiger partial charge is 0.370 e. The monoisotopic (exact) mass is 312 g/mol. The average Bonchev–Trinajstić information content (AvgIpc) is 3.17. The van der Waals surface area contributed by atoms with Gasteiger partial charge in [-0.1, -0.05) is 32.0 Å². The molecule has 0 aliphatic carbocycles. The van der Waals surface area contributed by atoms with Crippen LogP contribution in [0.1, 0.15) is 43.0 Å². The van der Waals surface area contributed by atoms with Gasteiger partial charge in [0.25, 0.3) is 0 Å². The number of nitrogens with one attached hydrogen (secondary N) is 1. The summed E-state index contributed by atoms with van der Waals surface area (Å²) in [5.74, 6) is 2.38. The molecule has 0 bridgehead atoms. The van der Waals surface area contributed by atoms with Crippen molar-refractivity contribution in [2.75, 3.05) is 5.32 Å². The molecule has 3 rings (SSSR count). The Hall–Kier alpha value is -2.37. The van der Waals surface area contributed by atoms with Crippen LogP contribution >= 0.6 is 0 Å². The molecular weight excluding hydrogens is 288 g/mol. The number of hydrogen-bond acceptors (Lipinski definition) is 3. The summed E-state index contributed by atoms with van der Waals surface area (Å²) in [4.78, 5) is 4.45. The molecule has 23 heavy (non-hydrogen) atoms. The lowest BCUT2D eigenvalue weighted by molar-refractivity contribution is 0.688. The summed E-state index contributed by atoms with van der Waals surface area (Å²) in [5, 5.41) is 11.7. The Morgan fingerprint density at radius 3 is 2.70 bits per heavy atom. The highest BCUT2D eigenvalue weighted by Gasteiger charge is 2.16. The van der Waals surface area contributed by atoms with Crippen LogP contribution in [-0.4, -0.2) is 20.7 Å². The highest BCUT2D eigenvalue weighted by Crippen LogP contribution is 2.22. The number of anilines is 1. The Balaban J connectivity index is 1.75. The normalized spacial score (nSPS) is 14.1. The van der Waals surface area contributed by atoms with Crippen molar-refractivity contribution in [1.29, 1.82) is 0 Å². The third-order valence-electron chi connectivity index (χ3n) is 4.33. The van der Waals surface area contributed by atoms with Crippen molar-refractivity contribution >= 4 is 11.6 Å². The van der Waals surface area contributed by atoms with E-state index in [-0.39, 0.29) is 0 Å². The van der Waals surface area contributed by atoms with Gasteiger partial charge in [-0.3, -0.25) is 0 Å². The number of hydrogen-bond donors (Lipinski definition) is 2. The second-order valence-corrected chi connectivity index (χ2v) is 5.77. The number of rotatable bonds is 5. The summed E-state index contributed by atoms with van der Waals surface area (Å²) in [5.41, 5.74) is 9.70. The van der Waals surface area contributed by atoms with Gasteiger partial charge in [-0.05, 0) is 30.4 Å². The van der Waals surface area contributed by atoms with Crippen molar-refractivity contribution in [3.63, 3.8) is 0 Å². The standard InChI is InChI=1S/C17H24N6/c1-3-12-7-5-8-13(4-2)16(12)20-17(18)19-11-15-22-21-14-9-6-10-23(14)15/h5,7-8H,3-4,6,9-11H2,1-2H3,(H3,18,19,20). The van der Waals surface area contributed by atoms with Gasteiger partial charge in [0, 0.05) is 18.7 Å². The Kier molecular flexibility index (Phi) is 4.60. The predicted molar refractivity (Wildman–Crippen MR) is 92.5 cm³/mol. The zero-order valence-corrected chi connectivity index (χ0v) is 13.8. The number of aryl methyl sites for hydroxylation is 3. The molecular formula is C17H24N6. The van der Waals surface area contributed by atoms with Crippen molar-refractivity contribution in [3.8, 4) is 0 Å². The highest BCUT2D eigenvalue weighted by molar-refractivity contribution is 5.93. The van der Waals surface area contributed by atoms with Crippen molar-refractivity contribution < 1.29 is 0 Å². The minimum atomic E-state index is 0.427. The first-order valence-electron chi connectivity index (χ1n) is 8.31. The van der Waals surface area contributed by atoms with E-state index < -0.39 is 0 Å². The third kappa shape index (κ3) is 3.21. The quantitative estimate of drug-likeness (QED) is 0.655. The average molecular weight is 312 g/mol. The van der Waals surface area contributed by atoms with E-state index in [1.165, 1.54) is 11.1 Å². The van der Waals surface area contributed by atoms with E-state index in [1.807, 2.05) is 0 Å². The van der Waals surface area contributed by atoms with Gasteiger partial charge in [-0.25, -0.2) is 4.99 Å². The van der Waals surface area contributed by atoms with E-state index in [2.05, 4.69) is 57.1 Å². The van der Waals surface area contributed by atoms with Gasteiger partial charge < -0.3 is 15.6 Å². The van der Waals surface area contributed by atoms with E-state index in [0.29, 0.717) is 12.5 Å². The van der Waals surface area contributed by atoms with Crippen LogP contribution in [0.5, 0.6) is 0 Å². The van der Waals surface area contributed by atoms with Gasteiger partial charge in [0.2, 0.25) is 0 Å². The molecule has 1 aromatic carbocycles. The first-order valence-corrected chi connectivity index (χ1v) is 8.31. The molecule has 1 aliphatic heterocycles. The number of nitrogens with zero attached hydrogens (tertiary/aromatic N) is 4. The number of guanidine groups is 1. The van der Waals surface area contributed by atoms with Crippen molar-refractivity contribution in [2.24, 2.45) is 10.7 Å². The maximum absolute atomic E-state index is 6.10. The van der Waals surface area contributed by atoms with Crippen LogP contribution in [0.25, 0.3) is 0 Å². The predicted octanol–water partition coefficient (Wildman–Crippen LogP) is 2.28. The Bertz CT molecular complexity index is 694. The number of nitrogens with two attached hydrogens (primary N) is 1. The Labute approximate surface area is 136 Å². The van der Waals surface area contributed by atoms with Crippen LogP contribution in [-0.2, 0) is 32.4 Å². The van der Waals surface area contributed by atoms with Crippen molar-refractivity contribution in [2.45, 2.75) is 52.6 Å². The molecule has 2 heterocycles. The molecule has 0 spiro atoms. The molecule has 0 atom stereocenters. The number of aliphatic imine (C=N–C) groups is 1. The Morgan fingerprint density at radius 1 is 1.26 bits per heavy atom. The molecule has 2 aromatic rings. The van der Waals surface area contributed by atoms with E-state index in [0.717, 1.165) is 49.6 Å². The lowest BCUT2D eigenvalue weighted by Gasteiger charge is -2.14. The summed E-state index contributed by atoms with van der Waals surface area (Å²) in [6.45, 7) is 5.74. The molecule has 6 heteroatoms. The summed E-state index contributed by atoms with van der Waals surface area (Å²) in [6, 6.07) is 6.34. The van der Waals surface area contributed by atoms with Crippen LogP contribution in [0.3, 0.4) is 0 Å². The molecule has 0 saturated carbocycles.